The SMILES string of the molecule is C/C=C/CCNC(=O)c1cccc2c1CCCN2. The Bertz CT molecular complexity index is 452. The Labute approximate surface area is 108 Å². The van der Waals surface area contributed by atoms with Gasteiger partial charge in [0.15, 0.2) is 0 Å². The summed E-state index contributed by atoms with van der Waals surface area (Å²) in [5.74, 6) is 0.0417. The van der Waals surface area contributed by atoms with E-state index in [2.05, 4.69) is 16.7 Å². The van der Waals surface area contributed by atoms with Crippen LogP contribution in [-0.2, 0) is 6.42 Å². The Hall–Kier alpha value is -1.77. The van der Waals surface area contributed by atoms with Gasteiger partial charge in [-0.15, -0.1) is 0 Å². The minimum atomic E-state index is 0.0417. The van der Waals surface area contributed by atoms with Crippen LogP contribution in [0.15, 0.2) is 30.4 Å². The fourth-order valence-electron chi connectivity index (χ4n) is 2.25. The van der Waals surface area contributed by atoms with Crippen molar-refractivity contribution in [3.8, 4) is 0 Å². The van der Waals surface area contributed by atoms with E-state index in [1.165, 1.54) is 0 Å². The molecule has 0 spiro atoms. The first-order valence-electron chi connectivity index (χ1n) is 6.58. The molecule has 0 fully saturated rings. The van der Waals surface area contributed by atoms with E-state index >= 15 is 0 Å². The van der Waals surface area contributed by atoms with Gasteiger partial charge in [0.2, 0.25) is 0 Å². The molecule has 0 bridgehead atoms. The van der Waals surface area contributed by atoms with Crippen LogP contribution < -0.4 is 10.6 Å². The van der Waals surface area contributed by atoms with Gasteiger partial charge in [-0.05, 0) is 43.9 Å². The Morgan fingerprint density at radius 2 is 2.39 bits per heavy atom. The third-order valence-corrected chi connectivity index (χ3v) is 3.17. The number of fused-ring (bicyclic) bond motifs is 1. The lowest BCUT2D eigenvalue weighted by atomic mass is 9.97. The van der Waals surface area contributed by atoms with E-state index in [1.54, 1.807) is 0 Å². The van der Waals surface area contributed by atoms with Crippen molar-refractivity contribution >= 4 is 11.6 Å². The summed E-state index contributed by atoms with van der Waals surface area (Å²) >= 11 is 0. The quantitative estimate of drug-likeness (QED) is 0.631. The first-order chi connectivity index (χ1) is 8.83. The topological polar surface area (TPSA) is 41.1 Å². The summed E-state index contributed by atoms with van der Waals surface area (Å²) in [6, 6.07) is 5.90. The first-order valence-corrected chi connectivity index (χ1v) is 6.58. The van der Waals surface area contributed by atoms with Crippen molar-refractivity contribution in [2.24, 2.45) is 0 Å². The highest BCUT2D eigenvalue weighted by molar-refractivity contribution is 5.97. The summed E-state index contributed by atoms with van der Waals surface area (Å²) in [4.78, 5) is 12.1. The molecule has 1 aliphatic heterocycles. The molecule has 1 aromatic carbocycles. The van der Waals surface area contributed by atoms with Crippen LogP contribution in [0, 0.1) is 0 Å². The van der Waals surface area contributed by atoms with Crippen LogP contribution in [0.25, 0.3) is 0 Å². The van der Waals surface area contributed by atoms with Gasteiger partial charge in [-0.2, -0.15) is 0 Å². The fourth-order valence-corrected chi connectivity index (χ4v) is 2.25. The maximum Gasteiger partial charge on any atom is 0.251 e. The van der Waals surface area contributed by atoms with Crippen LogP contribution in [0.4, 0.5) is 5.69 Å². The van der Waals surface area contributed by atoms with Crippen LogP contribution >= 0.6 is 0 Å². The number of carbonyl (C=O) groups excluding carboxylic acids is 1. The van der Waals surface area contributed by atoms with Crippen molar-refractivity contribution in [2.45, 2.75) is 26.2 Å². The Balaban J connectivity index is 2.06. The number of benzene rings is 1. The van der Waals surface area contributed by atoms with Gasteiger partial charge in [-0.25, -0.2) is 0 Å². The molecule has 2 rings (SSSR count). The average molecular weight is 244 g/mol. The molecule has 96 valence electrons. The molecule has 18 heavy (non-hydrogen) atoms. The van der Waals surface area contributed by atoms with E-state index < -0.39 is 0 Å². The number of anilines is 1. The summed E-state index contributed by atoms with van der Waals surface area (Å²) < 4.78 is 0. The second kappa shape index (κ2) is 6.24. The highest BCUT2D eigenvalue weighted by Crippen LogP contribution is 2.25. The van der Waals surface area contributed by atoms with Crippen LogP contribution in [0.2, 0.25) is 0 Å². The lowest BCUT2D eigenvalue weighted by molar-refractivity contribution is 0.0953. The minimum absolute atomic E-state index is 0.0417. The summed E-state index contributed by atoms with van der Waals surface area (Å²) in [6.07, 6.45) is 7.02. The highest BCUT2D eigenvalue weighted by Gasteiger charge is 2.16. The van der Waals surface area contributed by atoms with Crippen molar-refractivity contribution in [3.05, 3.63) is 41.5 Å². The van der Waals surface area contributed by atoms with Crippen molar-refractivity contribution in [3.63, 3.8) is 0 Å². The molecule has 2 N–H and O–H groups in total. The molecule has 0 unspecified atom stereocenters. The van der Waals surface area contributed by atoms with Gasteiger partial charge < -0.3 is 10.6 Å². The first kappa shape index (κ1) is 12.7. The standard InChI is InChI=1S/C15H20N2O/c1-2-3-4-10-17-15(18)13-7-5-9-14-12(13)8-6-11-16-14/h2-3,5,7,9,16H,4,6,8,10-11H2,1H3,(H,17,18)/b3-2+. The minimum Gasteiger partial charge on any atom is -0.385 e. The maximum absolute atomic E-state index is 12.1. The van der Waals surface area contributed by atoms with E-state index in [1.807, 2.05) is 31.2 Å². The largest absolute Gasteiger partial charge is 0.385 e. The van der Waals surface area contributed by atoms with Gasteiger partial charge >= 0.3 is 0 Å². The molecule has 0 radical (unpaired) electrons. The summed E-state index contributed by atoms with van der Waals surface area (Å²) in [5, 5.41) is 6.31. The molecular formula is C15H20N2O. The number of rotatable bonds is 4. The van der Waals surface area contributed by atoms with E-state index in [0.29, 0.717) is 6.54 Å². The van der Waals surface area contributed by atoms with E-state index in [-0.39, 0.29) is 5.91 Å². The van der Waals surface area contributed by atoms with E-state index in [0.717, 1.165) is 42.6 Å². The van der Waals surface area contributed by atoms with E-state index in [4.69, 9.17) is 0 Å². The zero-order valence-electron chi connectivity index (χ0n) is 10.8. The van der Waals surface area contributed by atoms with Crippen LogP contribution in [0.5, 0.6) is 0 Å². The molecule has 0 saturated carbocycles. The Kier molecular flexibility index (Phi) is 4.40. The van der Waals surface area contributed by atoms with Crippen LogP contribution in [0.3, 0.4) is 0 Å². The number of nitrogens with one attached hydrogen (secondary N) is 2. The molecule has 0 aromatic heterocycles. The lowest BCUT2D eigenvalue weighted by Gasteiger charge is -2.20. The van der Waals surface area contributed by atoms with Crippen molar-refractivity contribution in [1.29, 1.82) is 0 Å². The summed E-state index contributed by atoms with van der Waals surface area (Å²) in [5.41, 5.74) is 3.09. The van der Waals surface area contributed by atoms with Crippen LogP contribution in [-0.4, -0.2) is 19.0 Å². The second-order valence-corrected chi connectivity index (χ2v) is 4.48. The third kappa shape index (κ3) is 2.92. The predicted molar refractivity (Wildman–Crippen MR) is 75.0 cm³/mol. The summed E-state index contributed by atoms with van der Waals surface area (Å²) in [6.45, 7) is 3.68. The predicted octanol–water partition coefficient (Wildman–Crippen LogP) is 2.74. The smallest absolute Gasteiger partial charge is 0.251 e. The zero-order chi connectivity index (χ0) is 12.8. The normalized spacial score (nSPS) is 14.1. The fraction of sp³-hybridized carbons (Fsp3) is 0.400. The molecule has 0 atom stereocenters. The van der Waals surface area contributed by atoms with Gasteiger partial charge in [-0.1, -0.05) is 18.2 Å². The molecule has 0 saturated heterocycles. The Morgan fingerprint density at radius 3 is 3.22 bits per heavy atom. The molecule has 0 aliphatic carbocycles. The average Bonchev–Trinajstić information content (AvgIpc) is 2.43. The number of hydrogen-bond acceptors (Lipinski definition) is 2. The molecule has 1 amide bonds. The third-order valence-electron chi connectivity index (χ3n) is 3.17. The van der Waals surface area contributed by atoms with E-state index in [9.17, 15) is 4.79 Å². The van der Waals surface area contributed by atoms with Crippen molar-refractivity contribution in [1.82, 2.24) is 5.32 Å². The highest BCUT2D eigenvalue weighted by atomic mass is 16.1. The zero-order valence-corrected chi connectivity index (χ0v) is 10.8. The van der Waals surface area contributed by atoms with Gasteiger partial charge in [-0.3, -0.25) is 4.79 Å². The number of allylic oxidation sites excluding steroid dienone is 1. The monoisotopic (exact) mass is 244 g/mol. The molecule has 1 aromatic rings. The molecular weight excluding hydrogens is 224 g/mol. The second-order valence-electron chi connectivity index (χ2n) is 4.48. The molecule has 1 aliphatic rings. The number of hydrogen-bond donors (Lipinski definition) is 2. The van der Waals surface area contributed by atoms with Crippen LogP contribution in [0.1, 0.15) is 35.7 Å². The lowest BCUT2D eigenvalue weighted by Crippen LogP contribution is -2.26. The number of carbonyl (C=O) groups is 1. The maximum atomic E-state index is 12.1. The number of amides is 1. The van der Waals surface area contributed by atoms with Gasteiger partial charge in [0.25, 0.3) is 5.91 Å². The molecule has 1 heterocycles. The summed E-state index contributed by atoms with van der Waals surface area (Å²) in [7, 11) is 0. The van der Waals surface area contributed by atoms with Crippen molar-refractivity contribution in [2.75, 3.05) is 18.4 Å². The van der Waals surface area contributed by atoms with Gasteiger partial charge in [0.05, 0.1) is 0 Å². The molecule has 3 nitrogen and oxygen atoms in total. The van der Waals surface area contributed by atoms with Gasteiger partial charge in [0.1, 0.15) is 0 Å². The Morgan fingerprint density at radius 1 is 1.50 bits per heavy atom. The van der Waals surface area contributed by atoms with Gasteiger partial charge in [0, 0.05) is 24.3 Å². The molecule has 3 heteroatoms. The van der Waals surface area contributed by atoms with Crippen molar-refractivity contribution < 1.29 is 4.79 Å².